The number of nitrogens with zero attached hydrogens (tertiary/aromatic N) is 2. The Bertz CT molecular complexity index is 861. The molecule has 0 aromatic heterocycles. The van der Waals surface area contributed by atoms with Gasteiger partial charge in [0.15, 0.2) is 0 Å². The molecular formula is C22H24ClN3O2. The largest absolute Gasteiger partial charge is 0.492 e. The van der Waals surface area contributed by atoms with Crippen LogP contribution >= 0.6 is 11.6 Å². The monoisotopic (exact) mass is 397 g/mol. The van der Waals surface area contributed by atoms with E-state index in [2.05, 4.69) is 15.2 Å². The second-order valence-electron chi connectivity index (χ2n) is 7.22. The normalized spacial score (nSPS) is 19.6. The van der Waals surface area contributed by atoms with Gasteiger partial charge in [-0.1, -0.05) is 18.0 Å². The number of aliphatic imine (C=N–C) groups is 1. The molecule has 2 heterocycles. The van der Waals surface area contributed by atoms with Crippen LogP contribution in [-0.2, 0) is 4.79 Å². The predicted molar refractivity (Wildman–Crippen MR) is 113 cm³/mol. The minimum Gasteiger partial charge on any atom is -0.492 e. The number of piperidine rings is 1. The average Bonchev–Trinajstić information content (AvgIpc) is 3.02. The summed E-state index contributed by atoms with van der Waals surface area (Å²) in [5.41, 5.74) is 2.44. The number of fused-ring (bicyclic) bond motifs is 1. The first-order valence-corrected chi connectivity index (χ1v) is 10.2. The number of ether oxygens (including phenoxy) is 1. The summed E-state index contributed by atoms with van der Waals surface area (Å²) in [6, 6.07) is 13.0. The van der Waals surface area contributed by atoms with Gasteiger partial charge in [-0.2, -0.15) is 0 Å². The van der Waals surface area contributed by atoms with E-state index in [1.165, 1.54) is 32.4 Å². The third kappa shape index (κ3) is 4.54. The number of carbonyl (C=O) groups is 1. The first kappa shape index (κ1) is 19.0. The molecule has 5 nitrogen and oxygen atoms in total. The van der Waals surface area contributed by atoms with Crippen molar-refractivity contribution in [2.24, 2.45) is 4.99 Å². The zero-order valence-electron chi connectivity index (χ0n) is 15.7. The summed E-state index contributed by atoms with van der Waals surface area (Å²) in [7, 11) is 0. The zero-order chi connectivity index (χ0) is 19.3. The van der Waals surface area contributed by atoms with E-state index in [9.17, 15) is 4.79 Å². The van der Waals surface area contributed by atoms with Gasteiger partial charge < -0.3 is 10.1 Å². The SMILES string of the molecule is O=C1Nc2ccc(Cl)cc2C1C=Nc1ccc(OCCN2CCCCC2)cc1. The molecule has 1 amide bonds. The van der Waals surface area contributed by atoms with Crippen molar-refractivity contribution in [2.75, 3.05) is 31.6 Å². The van der Waals surface area contributed by atoms with E-state index >= 15 is 0 Å². The van der Waals surface area contributed by atoms with Crippen LogP contribution in [0.3, 0.4) is 0 Å². The van der Waals surface area contributed by atoms with Gasteiger partial charge in [-0.15, -0.1) is 0 Å². The fourth-order valence-corrected chi connectivity index (χ4v) is 3.85. The van der Waals surface area contributed by atoms with E-state index in [1.807, 2.05) is 36.4 Å². The molecule has 2 aromatic rings. The molecule has 2 aromatic carbocycles. The van der Waals surface area contributed by atoms with Crippen LogP contribution in [0.25, 0.3) is 0 Å². The van der Waals surface area contributed by atoms with Crippen molar-refractivity contribution in [3.63, 3.8) is 0 Å². The minimum absolute atomic E-state index is 0.0846. The number of nitrogens with one attached hydrogen (secondary N) is 1. The number of likely N-dealkylation sites (tertiary alicyclic amines) is 1. The van der Waals surface area contributed by atoms with Gasteiger partial charge in [0.25, 0.3) is 0 Å². The average molecular weight is 398 g/mol. The van der Waals surface area contributed by atoms with Crippen LogP contribution < -0.4 is 10.1 Å². The maximum absolute atomic E-state index is 12.2. The number of halogens is 1. The Morgan fingerprint density at radius 3 is 2.71 bits per heavy atom. The van der Waals surface area contributed by atoms with Crippen LogP contribution in [0.2, 0.25) is 5.02 Å². The summed E-state index contributed by atoms with van der Waals surface area (Å²) >= 11 is 6.06. The Morgan fingerprint density at radius 2 is 1.93 bits per heavy atom. The van der Waals surface area contributed by atoms with Crippen molar-refractivity contribution in [2.45, 2.75) is 25.2 Å². The van der Waals surface area contributed by atoms with Crippen LogP contribution in [0.5, 0.6) is 5.75 Å². The maximum Gasteiger partial charge on any atom is 0.237 e. The van der Waals surface area contributed by atoms with E-state index in [0.29, 0.717) is 11.6 Å². The standard InChI is InChI=1S/C22H24ClN3O2/c23-16-4-9-21-19(14-16)20(22(27)25-21)15-24-17-5-7-18(8-6-17)28-13-12-26-10-2-1-3-11-26/h4-9,14-15,20H,1-3,10-13H2,(H,25,27). The van der Waals surface area contributed by atoms with E-state index in [-0.39, 0.29) is 5.91 Å². The fraction of sp³-hybridized carbons (Fsp3) is 0.364. The first-order valence-electron chi connectivity index (χ1n) is 9.79. The Balaban J connectivity index is 1.33. The first-order chi connectivity index (χ1) is 13.7. The third-order valence-electron chi connectivity index (χ3n) is 5.22. The summed E-state index contributed by atoms with van der Waals surface area (Å²) in [5, 5.41) is 3.47. The topological polar surface area (TPSA) is 53.9 Å². The summed E-state index contributed by atoms with van der Waals surface area (Å²) in [6.07, 6.45) is 5.61. The number of benzene rings is 2. The number of hydrogen-bond acceptors (Lipinski definition) is 4. The minimum atomic E-state index is -0.422. The van der Waals surface area contributed by atoms with Crippen molar-refractivity contribution in [3.8, 4) is 5.75 Å². The number of hydrogen-bond donors (Lipinski definition) is 1. The van der Waals surface area contributed by atoms with Crippen molar-refractivity contribution in [3.05, 3.63) is 53.1 Å². The molecule has 1 saturated heterocycles. The Kier molecular flexibility index (Phi) is 5.93. The molecule has 0 spiro atoms. The molecule has 2 aliphatic heterocycles. The van der Waals surface area contributed by atoms with Crippen LogP contribution in [0, 0.1) is 0 Å². The fourth-order valence-electron chi connectivity index (χ4n) is 3.67. The van der Waals surface area contributed by atoms with Gasteiger partial charge in [0.2, 0.25) is 5.91 Å². The predicted octanol–water partition coefficient (Wildman–Crippen LogP) is 4.64. The van der Waals surface area contributed by atoms with Gasteiger partial charge in [0.1, 0.15) is 18.3 Å². The lowest BCUT2D eigenvalue weighted by Crippen LogP contribution is -2.33. The molecule has 0 bridgehead atoms. The van der Waals surface area contributed by atoms with Crippen molar-refractivity contribution >= 4 is 35.1 Å². The smallest absolute Gasteiger partial charge is 0.237 e. The molecule has 146 valence electrons. The maximum atomic E-state index is 12.2. The molecule has 1 atom stereocenters. The van der Waals surface area contributed by atoms with Gasteiger partial charge in [0.05, 0.1) is 5.69 Å². The molecule has 1 fully saturated rings. The number of carbonyl (C=O) groups excluding carboxylic acids is 1. The molecule has 2 aliphatic rings. The molecule has 1 N–H and O–H groups in total. The highest BCUT2D eigenvalue weighted by atomic mass is 35.5. The van der Waals surface area contributed by atoms with Crippen molar-refractivity contribution < 1.29 is 9.53 Å². The summed E-state index contributed by atoms with van der Waals surface area (Å²) in [4.78, 5) is 19.1. The quantitative estimate of drug-likeness (QED) is 0.722. The third-order valence-corrected chi connectivity index (χ3v) is 5.46. The second-order valence-corrected chi connectivity index (χ2v) is 7.66. The van der Waals surface area contributed by atoms with Gasteiger partial charge in [0, 0.05) is 23.5 Å². The highest BCUT2D eigenvalue weighted by molar-refractivity contribution is 6.31. The number of anilines is 1. The highest BCUT2D eigenvalue weighted by Crippen LogP contribution is 2.34. The Hall–Kier alpha value is -2.37. The molecular weight excluding hydrogens is 374 g/mol. The van der Waals surface area contributed by atoms with Crippen LogP contribution in [0.1, 0.15) is 30.7 Å². The van der Waals surface area contributed by atoms with Crippen molar-refractivity contribution in [1.29, 1.82) is 0 Å². The summed E-state index contributed by atoms with van der Waals surface area (Å²) in [5.74, 6) is 0.333. The summed E-state index contributed by atoms with van der Waals surface area (Å²) < 4.78 is 5.85. The second kappa shape index (κ2) is 8.76. The number of rotatable bonds is 6. The lowest BCUT2D eigenvalue weighted by atomic mass is 10.0. The van der Waals surface area contributed by atoms with Gasteiger partial charge >= 0.3 is 0 Å². The van der Waals surface area contributed by atoms with E-state index in [4.69, 9.17) is 16.3 Å². The molecule has 28 heavy (non-hydrogen) atoms. The zero-order valence-corrected chi connectivity index (χ0v) is 16.5. The van der Waals surface area contributed by atoms with Crippen molar-refractivity contribution in [1.82, 2.24) is 4.90 Å². The van der Waals surface area contributed by atoms with E-state index in [0.717, 1.165) is 29.2 Å². The van der Waals surface area contributed by atoms with Crippen LogP contribution in [0.15, 0.2) is 47.5 Å². The van der Waals surface area contributed by atoms with Gasteiger partial charge in [-0.25, -0.2) is 0 Å². The Labute approximate surface area is 170 Å². The highest BCUT2D eigenvalue weighted by Gasteiger charge is 2.29. The molecule has 0 aliphatic carbocycles. The lowest BCUT2D eigenvalue weighted by Gasteiger charge is -2.26. The number of amides is 1. The van der Waals surface area contributed by atoms with E-state index < -0.39 is 5.92 Å². The van der Waals surface area contributed by atoms with Gasteiger partial charge in [-0.3, -0.25) is 14.7 Å². The molecule has 0 saturated carbocycles. The van der Waals surface area contributed by atoms with E-state index in [1.54, 1.807) is 12.3 Å². The molecule has 0 radical (unpaired) electrons. The molecule has 1 unspecified atom stereocenters. The molecule has 4 rings (SSSR count). The van der Waals surface area contributed by atoms with Crippen LogP contribution in [0.4, 0.5) is 11.4 Å². The lowest BCUT2D eigenvalue weighted by molar-refractivity contribution is -0.115. The molecule has 6 heteroatoms. The summed E-state index contributed by atoms with van der Waals surface area (Å²) in [6.45, 7) is 4.03. The van der Waals surface area contributed by atoms with Crippen LogP contribution in [-0.4, -0.2) is 43.3 Å². The Morgan fingerprint density at radius 1 is 1.14 bits per heavy atom. The van der Waals surface area contributed by atoms with Gasteiger partial charge in [-0.05, 0) is 74.0 Å².